The minimum absolute atomic E-state index is 0.178. The summed E-state index contributed by atoms with van der Waals surface area (Å²) in [6, 6.07) is 1.93. The van der Waals surface area contributed by atoms with Crippen molar-refractivity contribution in [2.45, 2.75) is 20.3 Å². The molecule has 0 atom stereocenters. The van der Waals surface area contributed by atoms with Crippen LogP contribution in [-0.4, -0.2) is 10.8 Å². The van der Waals surface area contributed by atoms with E-state index in [0.29, 0.717) is 12.3 Å². The lowest BCUT2D eigenvalue weighted by atomic mass is 9.86. The van der Waals surface area contributed by atoms with Gasteiger partial charge in [-0.2, -0.15) is 0 Å². The van der Waals surface area contributed by atoms with Crippen molar-refractivity contribution in [2.24, 2.45) is 5.92 Å². The lowest BCUT2D eigenvalue weighted by Crippen LogP contribution is -2.10. The van der Waals surface area contributed by atoms with E-state index in [1.54, 1.807) is 12.4 Å². The monoisotopic (exact) mass is 187 g/mol. The molecule has 1 aliphatic carbocycles. The maximum atomic E-state index is 11.6. The van der Waals surface area contributed by atoms with E-state index in [4.69, 9.17) is 0 Å². The zero-order valence-electron chi connectivity index (χ0n) is 8.45. The number of hydrogen-bond acceptors (Lipinski definition) is 2. The van der Waals surface area contributed by atoms with Gasteiger partial charge in [-0.25, -0.2) is 0 Å². The number of Topliss-reactive ketones (excluding diaryl/α,β-unsaturated/α-hetero) is 1. The molecule has 0 aromatic carbocycles. The molecule has 0 N–H and O–H groups in total. The summed E-state index contributed by atoms with van der Waals surface area (Å²) < 4.78 is 0. The molecule has 0 spiro atoms. The molecule has 1 aliphatic rings. The maximum absolute atomic E-state index is 11.6. The van der Waals surface area contributed by atoms with Crippen molar-refractivity contribution in [1.29, 1.82) is 0 Å². The molecule has 2 heteroatoms. The first kappa shape index (κ1) is 9.13. The van der Waals surface area contributed by atoms with E-state index in [0.717, 1.165) is 11.1 Å². The summed E-state index contributed by atoms with van der Waals surface area (Å²) in [4.78, 5) is 15.6. The van der Waals surface area contributed by atoms with Crippen molar-refractivity contribution >= 4 is 11.4 Å². The molecule has 14 heavy (non-hydrogen) atoms. The normalized spacial score (nSPS) is 15.4. The van der Waals surface area contributed by atoms with Gasteiger partial charge in [-0.05, 0) is 23.1 Å². The number of ketones is 1. The van der Waals surface area contributed by atoms with Crippen LogP contribution in [0.4, 0.5) is 0 Å². The molecule has 72 valence electrons. The minimum atomic E-state index is 0.178. The van der Waals surface area contributed by atoms with E-state index >= 15 is 0 Å². The molecule has 2 nitrogen and oxygen atoms in total. The first-order valence-corrected chi connectivity index (χ1v) is 4.88. The van der Waals surface area contributed by atoms with E-state index < -0.39 is 0 Å². The number of allylic oxidation sites excluding steroid dienone is 2. The van der Waals surface area contributed by atoms with Crippen LogP contribution in [-0.2, 0) is 0 Å². The average Bonchev–Trinajstić information content (AvgIpc) is 2.18. The number of rotatable bonds is 1. The summed E-state index contributed by atoms with van der Waals surface area (Å²) in [5, 5.41) is 0. The van der Waals surface area contributed by atoms with E-state index in [9.17, 15) is 4.79 Å². The highest BCUT2D eigenvalue weighted by molar-refractivity contribution is 6.04. The molecule has 0 saturated heterocycles. The van der Waals surface area contributed by atoms with Crippen molar-refractivity contribution < 1.29 is 4.79 Å². The van der Waals surface area contributed by atoms with Crippen molar-refractivity contribution in [2.75, 3.05) is 0 Å². The van der Waals surface area contributed by atoms with Gasteiger partial charge in [-0.3, -0.25) is 9.78 Å². The minimum Gasteiger partial charge on any atom is -0.294 e. The summed E-state index contributed by atoms with van der Waals surface area (Å²) in [6.07, 6.45) is 5.97. The van der Waals surface area contributed by atoms with Crippen molar-refractivity contribution in [3.63, 3.8) is 0 Å². The van der Waals surface area contributed by atoms with Crippen LogP contribution in [0.25, 0.3) is 5.57 Å². The van der Waals surface area contributed by atoms with Gasteiger partial charge in [0, 0.05) is 24.4 Å². The Morgan fingerprint density at radius 2 is 2.14 bits per heavy atom. The Morgan fingerprint density at radius 3 is 2.86 bits per heavy atom. The van der Waals surface area contributed by atoms with Crippen LogP contribution in [0.1, 0.15) is 36.2 Å². The second-order valence-electron chi connectivity index (χ2n) is 3.86. The van der Waals surface area contributed by atoms with Gasteiger partial charge >= 0.3 is 0 Å². The van der Waals surface area contributed by atoms with Gasteiger partial charge in [0.25, 0.3) is 0 Å². The highest BCUT2D eigenvalue weighted by Crippen LogP contribution is 2.30. The van der Waals surface area contributed by atoms with E-state index in [1.807, 2.05) is 12.1 Å². The van der Waals surface area contributed by atoms with Crippen LogP contribution in [0, 0.1) is 5.92 Å². The summed E-state index contributed by atoms with van der Waals surface area (Å²) in [7, 11) is 0. The van der Waals surface area contributed by atoms with Gasteiger partial charge in [0.1, 0.15) is 0 Å². The third kappa shape index (κ3) is 1.37. The Morgan fingerprint density at radius 1 is 1.36 bits per heavy atom. The van der Waals surface area contributed by atoms with Crippen LogP contribution < -0.4 is 0 Å². The summed E-state index contributed by atoms with van der Waals surface area (Å²) in [6.45, 7) is 4.29. The third-order valence-corrected chi connectivity index (χ3v) is 2.56. The molecular weight excluding hydrogens is 174 g/mol. The average molecular weight is 187 g/mol. The number of hydrogen-bond donors (Lipinski definition) is 0. The fourth-order valence-corrected chi connectivity index (χ4v) is 1.84. The number of nitrogens with zero attached hydrogens (tertiary/aromatic N) is 1. The Bertz CT molecular complexity index is 405. The van der Waals surface area contributed by atoms with E-state index in [2.05, 4.69) is 18.8 Å². The standard InChI is InChI=1S/C12H13NO/c1-8(2)9-3-4-12(14)11-7-13-6-5-10(9)11/h3,5-8H,4H2,1-2H3. The molecule has 0 radical (unpaired) electrons. The van der Waals surface area contributed by atoms with Gasteiger partial charge in [0.05, 0.1) is 0 Å². The predicted molar refractivity (Wildman–Crippen MR) is 56.0 cm³/mol. The number of pyridine rings is 1. The second kappa shape index (κ2) is 3.37. The maximum Gasteiger partial charge on any atom is 0.168 e. The number of fused-ring (bicyclic) bond motifs is 1. The van der Waals surface area contributed by atoms with Crippen LogP contribution in [0.15, 0.2) is 24.5 Å². The molecule has 0 saturated carbocycles. The molecule has 0 unspecified atom stereocenters. The lowest BCUT2D eigenvalue weighted by molar-refractivity contribution is 0.0993. The fraction of sp³-hybridized carbons (Fsp3) is 0.333. The van der Waals surface area contributed by atoms with Crippen LogP contribution in [0.5, 0.6) is 0 Å². The topological polar surface area (TPSA) is 30.0 Å². The SMILES string of the molecule is CC(C)C1=CCC(=O)c2cnccc21. The van der Waals surface area contributed by atoms with Crippen LogP contribution >= 0.6 is 0 Å². The molecule has 2 rings (SSSR count). The molecule has 1 heterocycles. The molecular formula is C12H13NO. The smallest absolute Gasteiger partial charge is 0.168 e. The Balaban J connectivity index is 2.57. The second-order valence-corrected chi connectivity index (χ2v) is 3.86. The zero-order valence-corrected chi connectivity index (χ0v) is 8.45. The fourth-order valence-electron chi connectivity index (χ4n) is 1.84. The quantitative estimate of drug-likeness (QED) is 0.676. The predicted octanol–water partition coefficient (Wildman–Crippen LogP) is 2.71. The summed E-state index contributed by atoms with van der Waals surface area (Å²) in [5.41, 5.74) is 3.10. The first-order chi connectivity index (χ1) is 6.70. The van der Waals surface area contributed by atoms with Gasteiger partial charge in [0.15, 0.2) is 5.78 Å². The van der Waals surface area contributed by atoms with Crippen LogP contribution in [0.3, 0.4) is 0 Å². The molecule has 0 fully saturated rings. The molecule has 1 aromatic rings. The lowest BCUT2D eigenvalue weighted by Gasteiger charge is -2.18. The summed E-state index contributed by atoms with van der Waals surface area (Å²) in [5.74, 6) is 0.641. The van der Waals surface area contributed by atoms with Gasteiger partial charge in [0.2, 0.25) is 0 Å². The highest BCUT2D eigenvalue weighted by atomic mass is 16.1. The number of carbonyl (C=O) groups is 1. The highest BCUT2D eigenvalue weighted by Gasteiger charge is 2.20. The van der Waals surface area contributed by atoms with Crippen molar-refractivity contribution in [3.05, 3.63) is 35.7 Å². The van der Waals surface area contributed by atoms with Crippen molar-refractivity contribution in [1.82, 2.24) is 4.98 Å². The third-order valence-electron chi connectivity index (χ3n) is 2.56. The number of aromatic nitrogens is 1. The molecule has 0 aliphatic heterocycles. The van der Waals surface area contributed by atoms with Crippen LogP contribution in [0.2, 0.25) is 0 Å². The Kier molecular flexibility index (Phi) is 2.20. The van der Waals surface area contributed by atoms with Gasteiger partial charge < -0.3 is 0 Å². The zero-order chi connectivity index (χ0) is 10.1. The van der Waals surface area contributed by atoms with Gasteiger partial charge in [-0.1, -0.05) is 19.9 Å². The Labute approximate surface area is 83.7 Å². The Hall–Kier alpha value is -1.44. The molecule has 1 aromatic heterocycles. The first-order valence-electron chi connectivity index (χ1n) is 4.88. The molecule has 0 amide bonds. The summed E-state index contributed by atoms with van der Waals surface area (Å²) >= 11 is 0. The largest absolute Gasteiger partial charge is 0.294 e. The van der Waals surface area contributed by atoms with Crippen molar-refractivity contribution in [3.8, 4) is 0 Å². The van der Waals surface area contributed by atoms with E-state index in [-0.39, 0.29) is 5.78 Å². The molecule has 0 bridgehead atoms. The number of carbonyl (C=O) groups excluding carboxylic acids is 1. The van der Waals surface area contributed by atoms with E-state index in [1.165, 1.54) is 5.57 Å². The van der Waals surface area contributed by atoms with Gasteiger partial charge in [-0.15, -0.1) is 0 Å².